The summed E-state index contributed by atoms with van der Waals surface area (Å²) in [6, 6.07) is 14.2. The van der Waals surface area contributed by atoms with Gasteiger partial charge in [0, 0.05) is 18.0 Å². The maximum atomic E-state index is 5.19. The van der Waals surface area contributed by atoms with Gasteiger partial charge in [-0.1, -0.05) is 6.07 Å². The van der Waals surface area contributed by atoms with Crippen LogP contribution in [0.2, 0.25) is 0 Å². The van der Waals surface area contributed by atoms with Crippen LogP contribution in [0.4, 0.5) is 0 Å². The second kappa shape index (κ2) is 5.79. The minimum atomic E-state index is 0.158. The topological polar surface area (TPSA) is 39.9 Å². The Bertz CT molecular complexity index is 705. The number of imidazole rings is 1. The van der Waals surface area contributed by atoms with Gasteiger partial charge in [-0.25, -0.2) is 4.98 Å². The SMILES string of the molecule is COc1ccc(-c2cccc(C(C)n3ccnc3)n2)cc1. The van der Waals surface area contributed by atoms with Gasteiger partial charge in [0.25, 0.3) is 0 Å². The first-order chi connectivity index (χ1) is 10.3. The zero-order valence-electron chi connectivity index (χ0n) is 12.1. The minimum absolute atomic E-state index is 0.158. The van der Waals surface area contributed by atoms with Crippen LogP contribution in [-0.2, 0) is 0 Å². The van der Waals surface area contributed by atoms with E-state index in [1.807, 2.05) is 59.6 Å². The van der Waals surface area contributed by atoms with Crippen molar-refractivity contribution in [1.82, 2.24) is 14.5 Å². The Morgan fingerprint density at radius 3 is 2.57 bits per heavy atom. The average molecular weight is 279 g/mol. The molecule has 3 aromatic rings. The van der Waals surface area contributed by atoms with Crippen LogP contribution in [0.1, 0.15) is 18.7 Å². The molecule has 2 heterocycles. The van der Waals surface area contributed by atoms with Crippen LogP contribution in [0, 0.1) is 0 Å². The summed E-state index contributed by atoms with van der Waals surface area (Å²) >= 11 is 0. The number of ether oxygens (including phenoxy) is 1. The Balaban J connectivity index is 1.92. The van der Waals surface area contributed by atoms with Crippen LogP contribution in [0.3, 0.4) is 0 Å². The third kappa shape index (κ3) is 2.79. The van der Waals surface area contributed by atoms with Crippen LogP contribution in [0.15, 0.2) is 61.2 Å². The average Bonchev–Trinajstić information content (AvgIpc) is 3.09. The predicted octanol–water partition coefficient (Wildman–Crippen LogP) is 3.56. The van der Waals surface area contributed by atoms with Gasteiger partial charge in [0.15, 0.2) is 0 Å². The molecule has 1 aromatic carbocycles. The van der Waals surface area contributed by atoms with Crippen molar-refractivity contribution in [2.24, 2.45) is 0 Å². The lowest BCUT2D eigenvalue weighted by Crippen LogP contribution is -2.06. The molecule has 1 atom stereocenters. The quantitative estimate of drug-likeness (QED) is 0.733. The van der Waals surface area contributed by atoms with E-state index in [0.717, 1.165) is 22.7 Å². The van der Waals surface area contributed by atoms with E-state index in [9.17, 15) is 0 Å². The number of pyridine rings is 1. The summed E-state index contributed by atoms with van der Waals surface area (Å²) in [5, 5.41) is 0. The summed E-state index contributed by atoms with van der Waals surface area (Å²) in [5.41, 5.74) is 3.05. The smallest absolute Gasteiger partial charge is 0.118 e. The van der Waals surface area contributed by atoms with Crippen LogP contribution in [0.5, 0.6) is 5.75 Å². The highest BCUT2D eigenvalue weighted by molar-refractivity contribution is 5.60. The van der Waals surface area contributed by atoms with Crippen molar-refractivity contribution in [3.05, 3.63) is 66.9 Å². The molecule has 0 aliphatic rings. The Morgan fingerprint density at radius 2 is 1.90 bits per heavy atom. The van der Waals surface area contributed by atoms with E-state index in [1.54, 1.807) is 13.3 Å². The summed E-state index contributed by atoms with van der Waals surface area (Å²) < 4.78 is 7.23. The highest BCUT2D eigenvalue weighted by Gasteiger charge is 2.09. The molecule has 1 unspecified atom stereocenters. The molecular weight excluding hydrogens is 262 g/mol. The monoisotopic (exact) mass is 279 g/mol. The number of nitrogens with zero attached hydrogens (tertiary/aromatic N) is 3. The van der Waals surface area contributed by atoms with Crippen LogP contribution >= 0.6 is 0 Å². The molecule has 0 saturated carbocycles. The van der Waals surface area contributed by atoms with Crippen molar-refractivity contribution >= 4 is 0 Å². The molecule has 0 radical (unpaired) electrons. The van der Waals surface area contributed by atoms with Crippen molar-refractivity contribution in [2.45, 2.75) is 13.0 Å². The van der Waals surface area contributed by atoms with Gasteiger partial charge in [-0.05, 0) is 43.3 Å². The summed E-state index contributed by atoms with van der Waals surface area (Å²) in [6.45, 7) is 2.11. The molecule has 0 N–H and O–H groups in total. The Kier molecular flexibility index (Phi) is 3.69. The van der Waals surface area contributed by atoms with E-state index in [0.29, 0.717) is 0 Å². The van der Waals surface area contributed by atoms with E-state index in [4.69, 9.17) is 9.72 Å². The van der Waals surface area contributed by atoms with E-state index in [1.165, 1.54) is 0 Å². The maximum Gasteiger partial charge on any atom is 0.118 e. The fourth-order valence-electron chi connectivity index (χ4n) is 2.26. The van der Waals surface area contributed by atoms with Gasteiger partial charge in [0.1, 0.15) is 5.75 Å². The van der Waals surface area contributed by atoms with Gasteiger partial charge in [-0.3, -0.25) is 4.98 Å². The molecule has 0 saturated heterocycles. The Hall–Kier alpha value is -2.62. The lowest BCUT2D eigenvalue weighted by atomic mass is 10.1. The molecule has 3 rings (SSSR count). The molecule has 0 aliphatic heterocycles. The molecule has 106 valence electrons. The standard InChI is InChI=1S/C17H17N3O/c1-13(20-11-10-18-12-20)16-4-3-5-17(19-16)14-6-8-15(21-2)9-7-14/h3-13H,1-2H3. The molecule has 0 bridgehead atoms. The fraction of sp³-hybridized carbons (Fsp3) is 0.176. The zero-order valence-corrected chi connectivity index (χ0v) is 12.1. The molecule has 4 nitrogen and oxygen atoms in total. The number of rotatable bonds is 4. The molecule has 21 heavy (non-hydrogen) atoms. The number of benzene rings is 1. The molecule has 0 spiro atoms. The first-order valence-corrected chi connectivity index (χ1v) is 6.87. The minimum Gasteiger partial charge on any atom is -0.497 e. The summed E-state index contributed by atoms with van der Waals surface area (Å²) in [7, 11) is 1.67. The van der Waals surface area contributed by atoms with Crippen molar-refractivity contribution in [3.63, 3.8) is 0 Å². The number of aromatic nitrogens is 3. The maximum absolute atomic E-state index is 5.19. The lowest BCUT2D eigenvalue weighted by Gasteiger charge is -2.13. The first-order valence-electron chi connectivity index (χ1n) is 6.87. The molecule has 0 aliphatic carbocycles. The Morgan fingerprint density at radius 1 is 1.10 bits per heavy atom. The van der Waals surface area contributed by atoms with Gasteiger partial charge in [0.2, 0.25) is 0 Å². The molecular formula is C17H17N3O. The highest BCUT2D eigenvalue weighted by atomic mass is 16.5. The van der Waals surface area contributed by atoms with Crippen LogP contribution < -0.4 is 4.74 Å². The van der Waals surface area contributed by atoms with E-state index >= 15 is 0 Å². The van der Waals surface area contributed by atoms with Gasteiger partial charge in [0.05, 0.1) is 30.9 Å². The second-order valence-corrected chi connectivity index (χ2v) is 4.86. The summed E-state index contributed by atoms with van der Waals surface area (Å²) in [5.74, 6) is 0.849. The number of methoxy groups -OCH3 is 1. The lowest BCUT2D eigenvalue weighted by molar-refractivity contribution is 0.415. The molecule has 0 amide bonds. The molecule has 0 fully saturated rings. The predicted molar refractivity (Wildman–Crippen MR) is 82.3 cm³/mol. The van der Waals surface area contributed by atoms with E-state index in [-0.39, 0.29) is 6.04 Å². The first kappa shape index (κ1) is 13.4. The van der Waals surface area contributed by atoms with Crippen molar-refractivity contribution in [2.75, 3.05) is 7.11 Å². The largest absolute Gasteiger partial charge is 0.497 e. The highest BCUT2D eigenvalue weighted by Crippen LogP contribution is 2.23. The zero-order chi connectivity index (χ0) is 14.7. The third-order valence-electron chi connectivity index (χ3n) is 3.56. The summed E-state index contributed by atoms with van der Waals surface area (Å²) in [6.07, 6.45) is 5.54. The van der Waals surface area contributed by atoms with Crippen molar-refractivity contribution < 1.29 is 4.74 Å². The Labute approximate surface area is 124 Å². The van der Waals surface area contributed by atoms with Crippen LogP contribution in [-0.4, -0.2) is 21.6 Å². The number of hydrogen-bond acceptors (Lipinski definition) is 3. The number of hydrogen-bond donors (Lipinski definition) is 0. The van der Waals surface area contributed by atoms with Crippen molar-refractivity contribution in [1.29, 1.82) is 0 Å². The van der Waals surface area contributed by atoms with Gasteiger partial charge >= 0.3 is 0 Å². The van der Waals surface area contributed by atoms with Gasteiger partial charge in [-0.15, -0.1) is 0 Å². The van der Waals surface area contributed by atoms with Crippen LogP contribution in [0.25, 0.3) is 11.3 Å². The van der Waals surface area contributed by atoms with Crippen molar-refractivity contribution in [3.8, 4) is 17.0 Å². The van der Waals surface area contributed by atoms with E-state index < -0.39 is 0 Å². The fourth-order valence-corrected chi connectivity index (χ4v) is 2.26. The second-order valence-electron chi connectivity index (χ2n) is 4.86. The third-order valence-corrected chi connectivity index (χ3v) is 3.56. The summed E-state index contributed by atoms with van der Waals surface area (Å²) in [4.78, 5) is 8.85. The molecule has 2 aromatic heterocycles. The molecule has 4 heteroatoms. The van der Waals surface area contributed by atoms with Gasteiger partial charge < -0.3 is 9.30 Å². The normalized spacial score (nSPS) is 12.1. The van der Waals surface area contributed by atoms with Gasteiger partial charge in [-0.2, -0.15) is 0 Å². The van der Waals surface area contributed by atoms with E-state index in [2.05, 4.69) is 11.9 Å².